The van der Waals surface area contributed by atoms with Gasteiger partial charge in [-0.2, -0.15) is 4.98 Å². The summed E-state index contributed by atoms with van der Waals surface area (Å²) < 4.78 is 8.45. The Morgan fingerprint density at radius 2 is 1.52 bits per heavy atom. The summed E-state index contributed by atoms with van der Waals surface area (Å²) in [5, 5.41) is 12.8. The fraction of sp³-hybridized carbons (Fsp3) is 0.222. The van der Waals surface area contributed by atoms with Gasteiger partial charge in [-0.05, 0) is 52.8 Å². The number of pyridine rings is 2. The molecule has 0 fully saturated rings. The zero-order chi connectivity index (χ0) is 28.9. The third kappa shape index (κ3) is 5.58. The van der Waals surface area contributed by atoms with Crippen molar-refractivity contribution >= 4 is 21.9 Å². The fourth-order valence-corrected chi connectivity index (χ4v) is 5.12. The second kappa shape index (κ2) is 11.0. The summed E-state index contributed by atoms with van der Waals surface area (Å²) in [6.07, 6.45) is 1.82. The summed E-state index contributed by atoms with van der Waals surface area (Å²) in [5.74, 6) is 1.91. The number of hydrogen-bond donors (Lipinski definition) is 1. The van der Waals surface area contributed by atoms with E-state index in [1.54, 1.807) is 6.07 Å². The first-order valence-electron chi connectivity index (χ1n) is 13.9. The number of phenols is 1. The number of benzene rings is 3. The minimum atomic E-state index is -0.137. The Kier molecular flexibility index (Phi) is 7.76. The number of hydrogen-bond acceptors (Lipinski definition) is 4. The summed E-state index contributed by atoms with van der Waals surface area (Å²) in [6.45, 7) is 13.1. The van der Waals surface area contributed by atoms with E-state index in [-0.39, 0.29) is 37.6 Å². The topological polar surface area (TPSA) is 60.2 Å². The van der Waals surface area contributed by atoms with Crippen molar-refractivity contribution in [1.29, 1.82) is 0 Å². The maximum absolute atomic E-state index is 10.5. The van der Waals surface area contributed by atoms with E-state index < -0.39 is 0 Å². The molecule has 0 amide bonds. The molecule has 0 aliphatic heterocycles. The van der Waals surface area contributed by atoms with Crippen LogP contribution in [-0.2, 0) is 31.9 Å². The molecule has 3 aromatic heterocycles. The Balaban J connectivity index is 0.00000353. The van der Waals surface area contributed by atoms with Crippen molar-refractivity contribution < 1.29 is 30.9 Å². The van der Waals surface area contributed by atoms with E-state index in [1.165, 1.54) is 5.56 Å². The van der Waals surface area contributed by atoms with Gasteiger partial charge in [-0.1, -0.05) is 89.6 Å². The van der Waals surface area contributed by atoms with E-state index in [1.807, 2.05) is 54.7 Å². The molecule has 0 saturated carbocycles. The normalized spacial score (nSPS) is 12.0. The van der Waals surface area contributed by atoms with Crippen molar-refractivity contribution in [2.45, 2.75) is 52.4 Å². The maximum Gasteiger partial charge on any atom is 0.219 e. The Bertz CT molecular complexity index is 1910. The van der Waals surface area contributed by atoms with Crippen LogP contribution in [0.25, 0.3) is 38.9 Å². The number of fused-ring (bicyclic) bond motifs is 3. The summed E-state index contributed by atoms with van der Waals surface area (Å²) >= 11 is 0. The van der Waals surface area contributed by atoms with Crippen LogP contribution in [0.3, 0.4) is 0 Å². The summed E-state index contributed by atoms with van der Waals surface area (Å²) in [7, 11) is 0. The predicted molar refractivity (Wildman–Crippen MR) is 166 cm³/mol. The van der Waals surface area contributed by atoms with Crippen molar-refractivity contribution in [2.75, 3.05) is 0 Å². The quantitative estimate of drug-likeness (QED) is 0.184. The molecule has 6 rings (SSSR count). The van der Waals surface area contributed by atoms with Gasteiger partial charge in [0.2, 0.25) is 5.88 Å². The van der Waals surface area contributed by atoms with Gasteiger partial charge in [0, 0.05) is 49.9 Å². The third-order valence-electron chi connectivity index (χ3n) is 7.45. The maximum atomic E-state index is 10.5. The van der Waals surface area contributed by atoms with Gasteiger partial charge >= 0.3 is 0 Å². The smallest absolute Gasteiger partial charge is 0.219 e. The first-order valence-corrected chi connectivity index (χ1v) is 13.9. The van der Waals surface area contributed by atoms with Crippen molar-refractivity contribution in [2.24, 2.45) is 0 Å². The number of aromatic hydroxyl groups is 1. The number of rotatable bonds is 4. The summed E-state index contributed by atoms with van der Waals surface area (Å²) in [6, 6.07) is 31.2. The molecule has 0 radical (unpaired) electrons. The molecule has 0 aliphatic carbocycles. The average Bonchev–Trinajstić information content (AvgIpc) is 3.26. The van der Waals surface area contributed by atoms with Gasteiger partial charge in [0.1, 0.15) is 11.5 Å². The zero-order valence-corrected chi connectivity index (χ0v) is 26.9. The fourth-order valence-electron chi connectivity index (χ4n) is 5.12. The van der Waals surface area contributed by atoms with Crippen LogP contribution in [0, 0.1) is 6.07 Å². The largest absolute Gasteiger partial charge is 0.517 e. The zero-order valence-electron chi connectivity index (χ0n) is 24.7. The van der Waals surface area contributed by atoms with Gasteiger partial charge < -0.3 is 9.84 Å². The molecule has 0 aliphatic rings. The molecule has 42 heavy (non-hydrogen) atoms. The molecule has 3 aromatic carbocycles. The van der Waals surface area contributed by atoms with E-state index in [0.717, 1.165) is 38.9 Å². The van der Waals surface area contributed by atoms with Crippen LogP contribution in [0.1, 0.15) is 52.7 Å². The van der Waals surface area contributed by atoms with Crippen molar-refractivity contribution in [3.05, 3.63) is 108 Å². The van der Waals surface area contributed by atoms with E-state index in [9.17, 15) is 5.11 Å². The Morgan fingerprint density at radius 3 is 2.26 bits per heavy atom. The van der Waals surface area contributed by atoms with E-state index in [0.29, 0.717) is 17.2 Å². The minimum Gasteiger partial charge on any atom is -0.517 e. The Morgan fingerprint density at radius 1 is 0.762 bits per heavy atom. The number of nitrogens with zero attached hydrogens (tertiary/aromatic N) is 3. The predicted octanol–water partition coefficient (Wildman–Crippen LogP) is 9.13. The number of ether oxygens (including phenoxy) is 1. The van der Waals surface area contributed by atoms with Crippen molar-refractivity contribution in [3.8, 4) is 34.3 Å². The van der Waals surface area contributed by atoms with Crippen LogP contribution in [0.2, 0.25) is 0 Å². The molecule has 0 saturated heterocycles. The minimum absolute atomic E-state index is 0. The van der Waals surface area contributed by atoms with Crippen molar-refractivity contribution in [1.82, 2.24) is 14.5 Å². The standard InChI is InChI=1S/C36H34N3O2.Pt/c1-35(2,3)24-16-17-30-29(22-24)28-12-10-18-37-34(28)39(30)32-14-9-15-33(38-32)41-26-20-23(19-25(21-26)36(4,5)6)27-11-7-8-13-31(27)40;/h7-19,21-22,40H,1-6H3;/q-1;. The molecule has 0 spiro atoms. The van der Waals surface area contributed by atoms with Crippen LogP contribution in [0.4, 0.5) is 0 Å². The third-order valence-corrected chi connectivity index (χ3v) is 7.45. The molecular weight excluding hydrogens is 701 g/mol. The number of aromatic nitrogens is 3. The van der Waals surface area contributed by atoms with Gasteiger partial charge in [0.05, 0.1) is 11.3 Å². The Labute approximate surface area is 261 Å². The van der Waals surface area contributed by atoms with Gasteiger partial charge in [-0.3, -0.25) is 4.57 Å². The molecule has 5 nitrogen and oxygen atoms in total. The summed E-state index contributed by atoms with van der Waals surface area (Å²) in [4.78, 5) is 9.67. The first kappa shape index (κ1) is 29.5. The Hall–Kier alpha value is -3.95. The van der Waals surface area contributed by atoms with E-state index >= 15 is 0 Å². The van der Waals surface area contributed by atoms with E-state index in [4.69, 9.17) is 14.7 Å². The van der Waals surface area contributed by atoms with Crippen LogP contribution in [0.15, 0.2) is 91.1 Å². The molecule has 6 aromatic rings. The average molecular weight is 736 g/mol. The van der Waals surface area contributed by atoms with Crippen molar-refractivity contribution in [3.63, 3.8) is 0 Å². The number of para-hydroxylation sites is 1. The van der Waals surface area contributed by atoms with Gasteiger partial charge in [-0.15, -0.1) is 17.2 Å². The van der Waals surface area contributed by atoms with Crippen LogP contribution in [-0.4, -0.2) is 19.6 Å². The van der Waals surface area contributed by atoms with Gasteiger partial charge in [0.15, 0.2) is 0 Å². The molecule has 216 valence electrons. The second-order valence-corrected chi connectivity index (χ2v) is 12.5. The molecule has 0 bridgehead atoms. The van der Waals surface area contributed by atoms with Crippen LogP contribution in [0.5, 0.6) is 17.4 Å². The molecule has 0 atom stereocenters. The van der Waals surface area contributed by atoms with Crippen LogP contribution >= 0.6 is 0 Å². The van der Waals surface area contributed by atoms with E-state index in [2.05, 4.69) is 82.5 Å². The number of phenolic OH excluding ortho intramolecular Hbond substituents is 1. The first-order chi connectivity index (χ1) is 19.5. The molecule has 6 heteroatoms. The van der Waals surface area contributed by atoms with Gasteiger partial charge in [0.25, 0.3) is 0 Å². The molecular formula is C36H34N3O2Pt-. The van der Waals surface area contributed by atoms with Crippen LogP contribution < -0.4 is 4.74 Å². The summed E-state index contributed by atoms with van der Waals surface area (Å²) in [5.41, 5.74) is 5.60. The monoisotopic (exact) mass is 735 g/mol. The molecule has 1 N–H and O–H groups in total. The SMILES string of the molecule is CC(C)(C)c1cc(Oc2cccc(-n3c4ccc(C(C)(C)C)cc4c4cccnc43)n2)[c-]c(-c2ccccc2O)c1.[Pt]. The second-order valence-electron chi connectivity index (χ2n) is 12.5. The molecule has 0 unspecified atom stereocenters. The van der Waals surface area contributed by atoms with Gasteiger partial charge in [-0.25, -0.2) is 4.98 Å². The molecule has 3 heterocycles.